The van der Waals surface area contributed by atoms with E-state index in [9.17, 15) is 4.79 Å². The van der Waals surface area contributed by atoms with Gasteiger partial charge in [-0.3, -0.25) is 4.79 Å². The van der Waals surface area contributed by atoms with Crippen molar-refractivity contribution in [1.82, 2.24) is 4.90 Å². The molecule has 1 heterocycles. The van der Waals surface area contributed by atoms with Crippen molar-refractivity contribution in [3.63, 3.8) is 0 Å². The summed E-state index contributed by atoms with van der Waals surface area (Å²) in [5.74, 6) is 0.113. The molecule has 1 aliphatic rings. The van der Waals surface area contributed by atoms with E-state index in [1.807, 2.05) is 13.8 Å². The zero-order chi connectivity index (χ0) is 10.6. The third kappa shape index (κ3) is 2.69. The van der Waals surface area contributed by atoms with Gasteiger partial charge in [-0.2, -0.15) is 0 Å². The Bertz CT molecular complexity index is 190. The van der Waals surface area contributed by atoms with E-state index in [4.69, 9.17) is 9.84 Å². The van der Waals surface area contributed by atoms with Crippen LogP contribution in [0.15, 0.2) is 0 Å². The molecule has 82 valence electrons. The van der Waals surface area contributed by atoms with Gasteiger partial charge in [-0.05, 0) is 20.3 Å². The van der Waals surface area contributed by atoms with Gasteiger partial charge in [0.1, 0.15) is 0 Å². The molecular formula is C10H19NO3. The van der Waals surface area contributed by atoms with E-state index in [1.54, 1.807) is 4.90 Å². The minimum atomic E-state index is -0.00324. The molecule has 0 aromatic carbocycles. The van der Waals surface area contributed by atoms with Crippen molar-refractivity contribution in [3.8, 4) is 0 Å². The van der Waals surface area contributed by atoms with Crippen LogP contribution in [0.4, 0.5) is 0 Å². The van der Waals surface area contributed by atoms with Crippen LogP contribution < -0.4 is 0 Å². The molecule has 2 atom stereocenters. The van der Waals surface area contributed by atoms with Crippen molar-refractivity contribution in [2.75, 3.05) is 26.3 Å². The summed E-state index contributed by atoms with van der Waals surface area (Å²) in [5.41, 5.74) is 0. The molecule has 1 fully saturated rings. The summed E-state index contributed by atoms with van der Waals surface area (Å²) in [5, 5.41) is 8.79. The molecule has 1 aliphatic heterocycles. The lowest BCUT2D eigenvalue weighted by Gasteiger charge is -2.22. The van der Waals surface area contributed by atoms with Gasteiger partial charge < -0.3 is 14.7 Å². The molecule has 1 amide bonds. The van der Waals surface area contributed by atoms with E-state index < -0.39 is 0 Å². The predicted octanol–water partition coefficient (Wildman–Crippen LogP) is 0.252. The van der Waals surface area contributed by atoms with Crippen LogP contribution >= 0.6 is 0 Å². The van der Waals surface area contributed by atoms with Gasteiger partial charge in [-0.25, -0.2) is 0 Å². The molecule has 0 aliphatic carbocycles. The molecular weight excluding hydrogens is 182 g/mol. The molecule has 2 unspecified atom stereocenters. The monoisotopic (exact) mass is 201 g/mol. The third-order valence-electron chi connectivity index (χ3n) is 2.61. The van der Waals surface area contributed by atoms with Gasteiger partial charge in [-0.1, -0.05) is 0 Å². The first-order chi connectivity index (χ1) is 6.69. The molecule has 0 spiro atoms. The second-order valence-corrected chi connectivity index (χ2v) is 3.72. The topological polar surface area (TPSA) is 49.8 Å². The van der Waals surface area contributed by atoms with Gasteiger partial charge in [0.15, 0.2) is 0 Å². The third-order valence-corrected chi connectivity index (χ3v) is 2.61. The number of ether oxygens (including phenoxy) is 1. The summed E-state index contributed by atoms with van der Waals surface area (Å²) in [4.78, 5) is 13.5. The Balaban J connectivity index is 2.45. The highest BCUT2D eigenvalue weighted by Gasteiger charge is 2.30. The van der Waals surface area contributed by atoms with E-state index >= 15 is 0 Å². The van der Waals surface area contributed by atoms with Crippen LogP contribution in [0, 0.1) is 5.92 Å². The summed E-state index contributed by atoms with van der Waals surface area (Å²) in [6.07, 6.45) is 0.998. The lowest BCUT2D eigenvalue weighted by atomic mass is 10.0. The molecule has 0 bridgehead atoms. The van der Waals surface area contributed by atoms with Crippen LogP contribution in [0.5, 0.6) is 0 Å². The first-order valence-electron chi connectivity index (χ1n) is 5.20. The second-order valence-electron chi connectivity index (χ2n) is 3.72. The summed E-state index contributed by atoms with van der Waals surface area (Å²) in [7, 11) is 0. The number of carbonyl (C=O) groups is 1. The molecule has 1 saturated heterocycles. The number of amides is 1. The fourth-order valence-electron chi connectivity index (χ4n) is 1.79. The standard InChI is InChI=1S/C10H19NO3/c1-3-11(4-5-12)10(13)9-6-8(2)14-7-9/h8-9,12H,3-7H2,1-2H3. The van der Waals surface area contributed by atoms with Crippen molar-refractivity contribution in [2.24, 2.45) is 5.92 Å². The summed E-state index contributed by atoms with van der Waals surface area (Å²) in [6.45, 7) is 5.55. The number of hydrogen-bond acceptors (Lipinski definition) is 3. The minimum absolute atomic E-state index is 0.00324. The van der Waals surface area contributed by atoms with E-state index in [-0.39, 0.29) is 24.5 Å². The largest absolute Gasteiger partial charge is 0.395 e. The Kier molecular flexibility index (Phi) is 4.35. The van der Waals surface area contributed by atoms with Crippen molar-refractivity contribution >= 4 is 5.91 Å². The highest BCUT2D eigenvalue weighted by molar-refractivity contribution is 5.79. The molecule has 4 heteroatoms. The number of rotatable bonds is 4. The fourth-order valence-corrected chi connectivity index (χ4v) is 1.79. The molecule has 0 saturated carbocycles. The Labute approximate surface area is 84.8 Å². The SMILES string of the molecule is CCN(CCO)C(=O)C1COC(C)C1. The average molecular weight is 201 g/mol. The number of nitrogens with zero attached hydrogens (tertiary/aromatic N) is 1. The maximum Gasteiger partial charge on any atom is 0.228 e. The highest BCUT2D eigenvalue weighted by atomic mass is 16.5. The zero-order valence-corrected chi connectivity index (χ0v) is 8.90. The van der Waals surface area contributed by atoms with Gasteiger partial charge in [0.2, 0.25) is 5.91 Å². The maximum atomic E-state index is 11.8. The van der Waals surface area contributed by atoms with Crippen LogP contribution in [-0.2, 0) is 9.53 Å². The number of carbonyl (C=O) groups excluding carboxylic acids is 1. The summed E-state index contributed by atoms with van der Waals surface area (Å²) in [6, 6.07) is 0. The highest BCUT2D eigenvalue weighted by Crippen LogP contribution is 2.20. The Morgan fingerprint density at radius 1 is 1.64 bits per heavy atom. The number of aliphatic hydroxyl groups excluding tert-OH is 1. The minimum Gasteiger partial charge on any atom is -0.395 e. The quantitative estimate of drug-likeness (QED) is 0.709. The zero-order valence-electron chi connectivity index (χ0n) is 8.90. The average Bonchev–Trinajstić information content (AvgIpc) is 2.60. The Morgan fingerprint density at radius 3 is 2.79 bits per heavy atom. The Morgan fingerprint density at radius 2 is 2.36 bits per heavy atom. The summed E-state index contributed by atoms with van der Waals surface area (Å²) < 4.78 is 5.35. The van der Waals surface area contributed by atoms with Gasteiger partial charge >= 0.3 is 0 Å². The van der Waals surface area contributed by atoms with Gasteiger partial charge in [0, 0.05) is 13.1 Å². The molecule has 4 nitrogen and oxygen atoms in total. The molecule has 0 radical (unpaired) electrons. The van der Waals surface area contributed by atoms with E-state index in [0.717, 1.165) is 6.42 Å². The predicted molar refractivity (Wildman–Crippen MR) is 52.9 cm³/mol. The van der Waals surface area contributed by atoms with Crippen LogP contribution in [0.2, 0.25) is 0 Å². The first-order valence-corrected chi connectivity index (χ1v) is 5.20. The van der Waals surface area contributed by atoms with Crippen molar-refractivity contribution in [3.05, 3.63) is 0 Å². The van der Waals surface area contributed by atoms with Gasteiger partial charge in [0.05, 0.1) is 25.2 Å². The smallest absolute Gasteiger partial charge is 0.228 e. The van der Waals surface area contributed by atoms with Crippen LogP contribution in [0.1, 0.15) is 20.3 Å². The fraction of sp³-hybridized carbons (Fsp3) is 0.900. The van der Waals surface area contributed by atoms with Crippen molar-refractivity contribution < 1.29 is 14.6 Å². The molecule has 0 aromatic rings. The van der Waals surface area contributed by atoms with E-state index in [1.165, 1.54) is 0 Å². The van der Waals surface area contributed by atoms with Crippen molar-refractivity contribution in [1.29, 1.82) is 0 Å². The summed E-state index contributed by atoms with van der Waals surface area (Å²) >= 11 is 0. The first kappa shape index (κ1) is 11.5. The van der Waals surface area contributed by atoms with Gasteiger partial charge in [-0.15, -0.1) is 0 Å². The van der Waals surface area contributed by atoms with E-state index in [0.29, 0.717) is 19.7 Å². The van der Waals surface area contributed by atoms with E-state index in [2.05, 4.69) is 0 Å². The number of aliphatic hydroxyl groups is 1. The second kappa shape index (κ2) is 5.32. The molecule has 1 N–H and O–H groups in total. The number of likely N-dealkylation sites (N-methyl/N-ethyl adjacent to an activating group) is 1. The number of hydrogen-bond donors (Lipinski definition) is 1. The van der Waals surface area contributed by atoms with Crippen molar-refractivity contribution in [2.45, 2.75) is 26.4 Å². The lowest BCUT2D eigenvalue weighted by Crippen LogP contribution is -2.38. The lowest BCUT2D eigenvalue weighted by molar-refractivity contribution is -0.135. The Hall–Kier alpha value is -0.610. The molecule has 1 rings (SSSR count). The molecule has 0 aromatic heterocycles. The van der Waals surface area contributed by atoms with Crippen LogP contribution in [-0.4, -0.2) is 48.3 Å². The van der Waals surface area contributed by atoms with Crippen LogP contribution in [0.25, 0.3) is 0 Å². The maximum absolute atomic E-state index is 11.8. The molecule has 14 heavy (non-hydrogen) atoms. The normalized spacial score (nSPS) is 26.5. The van der Waals surface area contributed by atoms with Gasteiger partial charge in [0.25, 0.3) is 0 Å². The van der Waals surface area contributed by atoms with Crippen LogP contribution in [0.3, 0.4) is 0 Å².